The quantitative estimate of drug-likeness (QED) is 0.667. The summed E-state index contributed by atoms with van der Waals surface area (Å²) in [5.74, 6) is 1.79. The Hall–Kier alpha value is -2.31. The molecule has 1 aliphatic rings. The van der Waals surface area contributed by atoms with Crippen LogP contribution in [-0.2, 0) is 6.54 Å². The van der Waals surface area contributed by atoms with Gasteiger partial charge in [0.1, 0.15) is 11.5 Å². The van der Waals surface area contributed by atoms with E-state index in [4.69, 9.17) is 14.5 Å². The molecule has 0 unspecified atom stereocenters. The fraction of sp³-hybridized carbons (Fsp3) is 0.381. The Bertz CT molecular complexity index is 932. The standard InChI is InChI=1S/C21H25N3O2S/c1-15-4-6-18-20(12-15)27-21(22-18)24-10-8-23(9-11-24)14-16-13-17(25-2)5-7-19(16)26-3/h4-7,12-13H,8-11,14H2,1-3H3. The lowest BCUT2D eigenvalue weighted by molar-refractivity contribution is 0.245. The summed E-state index contributed by atoms with van der Waals surface area (Å²) in [4.78, 5) is 9.69. The van der Waals surface area contributed by atoms with Crippen LogP contribution in [0, 0.1) is 6.92 Å². The van der Waals surface area contributed by atoms with Gasteiger partial charge < -0.3 is 14.4 Å². The van der Waals surface area contributed by atoms with Gasteiger partial charge in [0, 0.05) is 38.3 Å². The zero-order valence-electron chi connectivity index (χ0n) is 16.1. The number of ether oxygens (including phenoxy) is 2. The molecule has 0 spiro atoms. The highest BCUT2D eigenvalue weighted by molar-refractivity contribution is 7.22. The van der Waals surface area contributed by atoms with Crippen molar-refractivity contribution in [1.82, 2.24) is 9.88 Å². The molecule has 1 fully saturated rings. The molecule has 5 nitrogen and oxygen atoms in total. The van der Waals surface area contributed by atoms with Crippen molar-refractivity contribution in [3.63, 3.8) is 0 Å². The summed E-state index contributed by atoms with van der Waals surface area (Å²) >= 11 is 1.79. The highest BCUT2D eigenvalue weighted by Gasteiger charge is 2.21. The number of methoxy groups -OCH3 is 2. The normalized spacial score (nSPS) is 15.3. The summed E-state index contributed by atoms with van der Waals surface area (Å²) < 4.78 is 12.2. The maximum Gasteiger partial charge on any atom is 0.186 e. The molecular weight excluding hydrogens is 358 g/mol. The number of hydrogen-bond acceptors (Lipinski definition) is 6. The minimum Gasteiger partial charge on any atom is -0.497 e. The number of hydrogen-bond donors (Lipinski definition) is 0. The molecule has 0 saturated carbocycles. The van der Waals surface area contributed by atoms with Crippen molar-refractivity contribution in [3.8, 4) is 11.5 Å². The average molecular weight is 384 g/mol. The average Bonchev–Trinajstić information content (AvgIpc) is 3.11. The molecule has 0 aliphatic carbocycles. The summed E-state index contributed by atoms with van der Waals surface area (Å²) in [6.07, 6.45) is 0. The number of thiazole rings is 1. The van der Waals surface area contributed by atoms with E-state index in [0.717, 1.165) is 54.9 Å². The number of aromatic nitrogens is 1. The van der Waals surface area contributed by atoms with Crippen LogP contribution < -0.4 is 14.4 Å². The van der Waals surface area contributed by atoms with Gasteiger partial charge in [0.15, 0.2) is 5.13 Å². The number of nitrogens with zero attached hydrogens (tertiary/aromatic N) is 3. The van der Waals surface area contributed by atoms with Crippen molar-refractivity contribution in [2.75, 3.05) is 45.3 Å². The van der Waals surface area contributed by atoms with Crippen LogP contribution in [0.5, 0.6) is 11.5 Å². The van der Waals surface area contributed by atoms with Gasteiger partial charge in [-0.2, -0.15) is 0 Å². The summed E-state index contributed by atoms with van der Waals surface area (Å²) in [5.41, 5.74) is 3.56. The molecule has 0 atom stereocenters. The Morgan fingerprint density at radius 3 is 2.56 bits per heavy atom. The number of piperazine rings is 1. The van der Waals surface area contributed by atoms with Crippen LogP contribution in [0.1, 0.15) is 11.1 Å². The smallest absolute Gasteiger partial charge is 0.186 e. The van der Waals surface area contributed by atoms with Crippen molar-refractivity contribution in [2.45, 2.75) is 13.5 Å². The number of anilines is 1. The van der Waals surface area contributed by atoms with E-state index in [9.17, 15) is 0 Å². The van der Waals surface area contributed by atoms with E-state index < -0.39 is 0 Å². The van der Waals surface area contributed by atoms with Crippen molar-refractivity contribution in [3.05, 3.63) is 47.5 Å². The molecule has 6 heteroatoms. The fourth-order valence-corrected chi connectivity index (χ4v) is 4.61. The van der Waals surface area contributed by atoms with Gasteiger partial charge in [0.05, 0.1) is 24.4 Å². The van der Waals surface area contributed by atoms with E-state index in [1.807, 2.05) is 12.1 Å². The third-order valence-electron chi connectivity index (χ3n) is 5.06. The van der Waals surface area contributed by atoms with Gasteiger partial charge in [-0.1, -0.05) is 17.4 Å². The molecule has 142 valence electrons. The van der Waals surface area contributed by atoms with E-state index in [-0.39, 0.29) is 0 Å². The van der Waals surface area contributed by atoms with Crippen molar-refractivity contribution in [2.24, 2.45) is 0 Å². The van der Waals surface area contributed by atoms with Gasteiger partial charge in [-0.15, -0.1) is 0 Å². The SMILES string of the molecule is COc1ccc(OC)c(CN2CCN(c3nc4ccc(C)cc4s3)CC2)c1. The molecule has 1 saturated heterocycles. The first-order valence-electron chi connectivity index (χ1n) is 9.21. The van der Waals surface area contributed by atoms with Gasteiger partial charge in [0.25, 0.3) is 0 Å². The number of rotatable bonds is 5. The van der Waals surface area contributed by atoms with Crippen molar-refractivity contribution in [1.29, 1.82) is 0 Å². The minimum atomic E-state index is 0.868. The Morgan fingerprint density at radius 1 is 1.00 bits per heavy atom. The number of benzene rings is 2. The Morgan fingerprint density at radius 2 is 1.81 bits per heavy atom. The second kappa shape index (κ2) is 7.74. The predicted octanol–water partition coefficient (Wildman–Crippen LogP) is 3.94. The molecule has 0 radical (unpaired) electrons. The second-order valence-electron chi connectivity index (χ2n) is 6.91. The van der Waals surface area contributed by atoms with Crippen molar-refractivity contribution < 1.29 is 9.47 Å². The second-order valence-corrected chi connectivity index (χ2v) is 7.92. The highest BCUT2D eigenvalue weighted by atomic mass is 32.1. The van der Waals surface area contributed by atoms with E-state index in [1.54, 1.807) is 25.6 Å². The third kappa shape index (κ3) is 3.87. The van der Waals surface area contributed by atoms with E-state index in [0.29, 0.717) is 0 Å². The molecule has 0 N–H and O–H groups in total. The molecular formula is C21H25N3O2S. The monoisotopic (exact) mass is 383 g/mol. The molecule has 4 rings (SSSR count). The van der Waals surface area contributed by atoms with E-state index in [1.165, 1.54) is 15.8 Å². The van der Waals surface area contributed by atoms with Gasteiger partial charge >= 0.3 is 0 Å². The molecule has 1 aliphatic heterocycles. The van der Waals surface area contributed by atoms with Gasteiger partial charge in [0.2, 0.25) is 0 Å². The Labute approximate surface area is 164 Å². The van der Waals surface area contributed by atoms with Crippen LogP contribution in [0.25, 0.3) is 10.2 Å². The molecule has 0 amide bonds. The fourth-order valence-electron chi connectivity index (χ4n) is 3.50. The first-order valence-corrected chi connectivity index (χ1v) is 10.0. The van der Waals surface area contributed by atoms with Crippen LogP contribution in [0.3, 0.4) is 0 Å². The van der Waals surface area contributed by atoms with Gasteiger partial charge in [-0.05, 0) is 42.8 Å². The van der Waals surface area contributed by atoms with Gasteiger partial charge in [-0.3, -0.25) is 4.90 Å². The maximum atomic E-state index is 5.52. The van der Waals surface area contributed by atoms with E-state index in [2.05, 4.69) is 41.0 Å². The Balaban J connectivity index is 1.43. The highest BCUT2D eigenvalue weighted by Crippen LogP contribution is 2.31. The number of fused-ring (bicyclic) bond motifs is 1. The van der Waals surface area contributed by atoms with Crippen molar-refractivity contribution >= 4 is 26.7 Å². The van der Waals surface area contributed by atoms with Crippen LogP contribution in [0.2, 0.25) is 0 Å². The minimum absolute atomic E-state index is 0.868. The van der Waals surface area contributed by atoms with Gasteiger partial charge in [-0.25, -0.2) is 4.98 Å². The first kappa shape index (κ1) is 18.1. The zero-order valence-corrected chi connectivity index (χ0v) is 16.9. The lowest BCUT2D eigenvalue weighted by atomic mass is 10.1. The Kier molecular flexibility index (Phi) is 5.18. The summed E-state index contributed by atoms with van der Waals surface area (Å²) in [5, 5.41) is 1.13. The summed E-state index contributed by atoms with van der Waals surface area (Å²) in [6.45, 7) is 7.00. The molecule has 27 heavy (non-hydrogen) atoms. The molecule has 3 aromatic rings. The lowest BCUT2D eigenvalue weighted by Gasteiger charge is -2.34. The zero-order chi connectivity index (χ0) is 18.8. The largest absolute Gasteiger partial charge is 0.497 e. The predicted molar refractivity (Wildman–Crippen MR) is 111 cm³/mol. The molecule has 2 aromatic carbocycles. The lowest BCUT2D eigenvalue weighted by Crippen LogP contribution is -2.45. The first-order chi connectivity index (χ1) is 13.2. The third-order valence-corrected chi connectivity index (χ3v) is 6.14. The summed E-state index contributed by atoms with van der Waals surface area (Å²) in [7, 11) is 3.42. The topological polar surface area (TPSA) is 37.8 Å². The van der Waals surface area contributed by atoms with Crippen LogP contribution in [0.4, 0.5) is 5.13 Å². The van der Waals surface area contributed by atoms with Crippen LogP contribution in [0.15, 0.2) is 36.4 Å². The number of aryl methyl sites for hydroxylation is 1. The molecule has 1 aromatic heterocycles. The maximum absolute atomic E-state index is 5.52. The summed E-state index contributed by atoms with van der Waals surface area (Å²) in [6, 6.07) is 12.5. The van der Waals surface area contributed by atoms with E-state index >= 15 is 0 Å². The molecule has 2 heterocycles. The molecule has 0 bridgehead atoms. The van der Waals surface area contributed by atoms with Crippen LogP contribution >= 0.6 is 11.3 Å². The van der Waals surface area contributed by atoms with Crippen LogP contribution in [-0.4, -0.2) is 50.3 Å².